The number of carbonyl (C=O) groups is 1. The topological polar surface area (TPSA) is 49.8 Å². The Balaban J connectivity index is 1.80. The van der Waals surface area contributed by atoms with Gasteiger partial charge in [-0.25, -0.2) is 0 Å². The van der Waals surface area contributed by atoms with E-state index in [0.717, 1.165) is 18.4 Å². The first-order valence-electron chi connectivity index (χ1n) is 7.14. The predicted octanol–water partition coefficient (Wildman–Crippen LogP) is 2.06. The number of ether oxygens (including phenoxy) is 1. The van der Waals surface area contributed by atoms with Crippen LogP contribution >= 0.6 is 0 Å². The third kappa shape index (κ3) is 3.31. The molecule has 4 nitrogen and oxygen atoms in total. The molecule has 1 N–H and O–H groups in total. The lowest BCUT2D eigenvalue weighted by molar-refractivity contribution is -0.158. The van der Waals surface area contributed by atoms with Crippen LogP contribution in [-0.4, -0.2) is 41.2 Å². The van der Waals surface area contributed by atoms with Crippen LogP contribution in [-0.2, 0) is 4.79 Å². The second-order valence-corrected chi connectivity index (χ2v) is 5.76. The molecule has 1 aliphatic rings. The highest BCUT2D eigenvalue weighted by molar-refractivity contribution is 5.79. The Kier molecular flexibility index (Phi) is 4.33. The summed E-state index contributed by atoms with van der Waals surface area (Å²) >= 11 is 0. The number of β-amino-alcohol motifs (C(OH)–C–C–N with tert-alkyl or cyclic N) is 1. The van der Waals surface area contributed by atoms with Gasteiger partial charge in [0, 0.05) is 0 Å². The van der Waals surface area contributed by atoms with Crippen molar-refractivity contribution in [2.75, 3.05) is 19.7 Å². The van der Waals surface area contributed by atoms with Gasteiger partial charge in [0.1, 0.15) is 5.75 Å². The minimum Gasteiger partial charge on any atom is -0.484 e. The molecule has 2 rings (SSSR count). The molecule has 1 aromatic carbocycles. The van der Waals surface area contributed by atoms with Crippen molar-refractivity contribution in [3.8, 4) is 5.75 Å². The fraction of sp³-hybridized carbons (Fsp3) is 0.562. The van der Waals surface area contributed by atoms with E-state index in [4.69, 9.17) is 4.74 Å². The lowest BCUT2D eigenvalue weighted by atomic mass is 9.89. The molecular formula is C16H23NO3. The van der Waals surface area contributed by atoms with E-state index in [2.05, 4.69) is 0 Å². The Bertz CT molecular complexity index is 492. The molecule has 1 fully saturated rings. The number of aliphatic hydroxyl groups is 1. The summed E-state index contributed by atoms with van der Waals surface area (Å²) in [4.78, 5) is 13.6. The molecule has 1 heterocycles. The molecule has 1 aromatic rings. The highest BCUT2D eigenvalue weighted by Gasteiger charge is 2.42. The molecule has 0 saturated carbocycles. The van der Waals surface area contributed by atoms with E-state index >= 15 is 0 Å². The largest absolute Gasteiger partial charge is 0.484 e. The Morgan fingerprint density at radius 3 is 2.65 bits per heavy atom. The van der Waals surface area contributed by atoms with E-state index in [1.165, 1.54) is 5.56 Å². The van der Waals surface area contributed by atoms with Crippen LogP contribution in [0.4, 0.5) is 0 Å². The Morgan fingerprint density at radius 1 is 1.35 bits per heavy atom. The first kappa shape index (κ1) is 14.9. The molecule has 0 aliphatic carbocycles. The van der Waals surface area contributed by atoms with E-state index < -0.39 is 5.60 Å². The Hall–Kier alpha value is -1.55. The van der Waals surface area contributed by atoms with Gasteiger partial charge >= 0.3 is 0 Å². The summed E-state index contributed by atoms with van der Waals surface area (Å²) in [5.41, 5.74) is 1.68. The predicted molar refractivity (Wildman–Crippen MR) is 77.8 cm³/mol. The number of carbonyl (C=O) groups excluding carboxylic acids is 1. The third-order valence-electron chi connectivity index (χ3n) is 3.88. The first-order chi connectivity index (χ1) is 9.43. The highest BCUT2D eigenvalue weighted by atomic mass is 16.5. The Morgan fingerprint density at radius 2 is 2.05 bits per heavy atom. The zero-order valence-corrected chi connectivity index (χ0v) is 12.5. The molecule has 1 amide bonds. The van der Waals surface area contributed by atoms with Gasteiger partial charge in [-0.1, -0.05) is 19.4 Å². The lowest BCUT2D eigenvalue weighted by Gasteiger charge is -2.46. The van der Waals surface area contributed by atoms with Crippen molar-refractivity contribution in [1.29, 1.82) is 0 Å². The van der Waals surface area contributed by atoms with E-state index in [9.17, 15) is 9.90 Å². The quantitative estimate of drug-likeness (QED) is 0.896. The maximum Gasteiger partial charge on any atom is 0.260 e. The van der Waals surface area contributed by atoms with Crippen molar-refractivity contribution in [3.63, 3.8) is 0 Å². The second kappa shape index (κ2) is 5.83. The Labute approximate surface area is 120 Å². The van der Waals surface area contributed by atoms with Crippen LogP contribution < -0.4 is 4.74 Å². The van der Waals surface area contributed by atoms with Crippen molar-refractivity contribution in [1.82, 2.24) is 4.90 Å². The number of aryl methyl sites for hydroxylation is 2. The van der Waals surface area contributed by atoms with Gasteiger partial charge in [-0.2, -0.15) is 0 Å². The summed E-state index contributed by atoms with van der Waals surface area (Å²) in [7, 11) is 0. The summed E-state index contributed by atoms with van der Waals surface area (Å²) in [6, 6.07) is 5.80. The number of amides is 1. The van der Waals surface area contributed by atoms with Crippen molar-refractivity contribution < 1.29 is 14.6 Å². The molecule has 0 unspecified atom stereocenters. The van der Waals surface area contributed by atoms with Crippen LogP contribution in [0.1, 0.15) is 30.9 Å². The van der Waals surface area contributed by atoms with Gasteiger partial charge in [0.05, 0.1) is 18.7 Å². The number of nitrogens with zero attached hydrogens (tertiary/aromatic N) is 1. The van der Waals surface area contributed by atoms with Crippen molar-refractivity contribution in [2.45, 2.75) is 39.2 Å². The summed E-state index contributed by atoms with van der Waals surface area (Å²) in [6.07, 6.45) is 1.67. The molecule has 4 heteroatoms. The van der Waals surface area contributed by atoms with Gasteiger partial charge in [0.15, 0.2) is 6.61 Å². The normalized spacial score (nSPS) is 16.7. The summed E-state index contributed by atoms with van der Waals surface area (Å²) in [5, 5.41) is 10.0. The van der Waals surface area contributed by atoms with Crippen molar-refractivity contribution in [2.24, 2.45) is 0 Å². The van der Waals surface area contributed by atoms with Gasteiger partial charge in [0.2, 0.25) is 0 Å². The molecule has 0 bridgehead atoms. The number of likely N-dealkylation sites (tertiary alicyclic amines) is 1. The highest BCUT2D eigenvalue weighted by Crippen LogP contribution is 2.26. The monoisotopic (exact) mass is 277 g/mol. The number of hydrogen-bond donors (Lipinski definition) is 1. The van der Waals surface area contributed by atoms with Gasteiger partial charge in [0.25, 0.3) is 5.91 Å². The van der Waals surface area contributed by atoms with E-state index in [1.54, 1.807) is 4.90 Å². The summed E-state index contributed by atoms with van der Waals surface area (Å²) < 4.78 is 5.52. The molecule has 0 radical (unpaired) electrons. The van der Waals surface area contributed by atoms with Crippen LogP contribution in [0.25, 0.3) is 0 Å². The molecule has 0 aromatic heterocycles. The summed E-state index contributed by atoms with van der Waals surface area (Å²) in [6.45, 7) is 6.98. The zero-order chi connectivity index (χ0) is 14.8. The zero-order valence-electron chi connectivity index (χ0n) is 12.5. The van der Waals surface area contributed by atoms with E-state index in [0.29, 0.717) is 18.8 Å². The molecule has 0 atom stereocenters. The number of benzene rings is 1. The fourth-order valence-electron chi connectivity index (χ4n) is 2.50. The smallest absolute Gasteiger partial charge is 0.260 e. The van der Waals surface area contributed by atoms with Crippen LogP contribution in [0.2, 0.25) is 0 Å². The van der Waals surface area contributed by atoms with Gasteiger partial charge in [-0.3, -0.25) is 4.79 Å². The van der Waals surface area contributed by atoms with Crippen molar-refractivity contribution in [3.05, 3.63) is 29.3 Å². The average molecular weight is 277 g/mol. The maximum absolute atomic E-state index is 11.9. The fourth-order valence-corrected chi connectivity index (χ4v) is 2.50. The minimum atomic E-state index is -0.676. The van der Waals surface area contributed by atoms with E-state index in [1.807, 2.05) is 39.0 Å². The maximum atomic E-state index is 11.9. The van der Waals surface area contributed by atoms with Crippen LogP contribution in [0.5, 0.6) is 5.75 Å². The number of rotatable bonds is 5. The van der Waals surface area contributed by atoms with E-state index in [-0.39, 0.29) is 12.5 Å². The van der Waals surface area contributed by atoms with Gasteiger partial charge in [-0.15, -0.1) is 0 Å². The molecular weight excluding hydrogens is 254 g/mol. The van der Waals surface area contributed by atoms with Gasteiger partial charge < -0.3 is 14.7 Å². The average Bonchev–Trinajstić information content (AvgIpc) is 2.37. The summed E-state index contributed by atoms with van der Waals surface area (Å²) in [5.74, 6) is 0.648. The molecule has 0 spiro atoms. The third-order valence-corrected chi connectivity index (χ3v) is 3.88. The lowest BCUT2D eigenvalue weighted by Crippen LogP contribution is -2.64. The molecule has 1 saturated heterocycles. The standard InChI is InChI=1S/C16H23NO3/c1-4-7-16(19)10-17(11-16)15(18)9-20-14-6-5-12(2)13(3)8-14/h5-6,8,19H,4,7,9-11H2,1-3H3. The van der Waals surface area contributed by atoms with Crippen LogP contribution in [0, 0.1) is 13.8 Å². The molecule has 1 aliphatic heterocycles. The first-order valence-corrected chi connectivity index (χ1v) is 7.14. The number of hydrogen-bond acceptors (Lipinski definition) is 3. The minimum absolute atomic E-state index is 0.0324. The molecule has 110 valence electrons. The van der Waals surface area contributed by atoms with Gasteiger partial charge in [-0.05, 0) is 43.5 Å². The second-order valence-electron chi connectivity index (χ2n) is 5.76. The van der Waals surface area contributed by atoms with Crippen LogP contribution in [0.15, 0.2) is 18.2 Å². The molecule has 20 heavy (non-hydrogen) atoms. The SMILES string of the molecule is CCCC1(O)CN(C(=O)COc2ccc(C)c(C)c2)C1. The van der Waals surface area contributed by atoms with Crippen LogP contribution in [0.3, 0.4) is 0 Å². The van der Waals surface area contributed by atoms with Crippen molar-refractivity contribution >= 4 is 5.91 Å².